The van der Waals surface area contributed by atoms with Crippen molar-refractivity contribution in [1.82, 2.24) is 15.8 Å². The van der Waals surface area contributed by atoms with Crippen molar-refractivity contribution >= 4 is 30.1 Å². The molecule has 0 amide bonds. The van der Waals surface area contributed by atoms with Crippen LogP contribution in [0.15, 0.2) is 0 Å². The molecule has 0 atom stereocenters. The molecule has 3 nitrogen and oxygen atoms in total. The lowest BCUT2D eigenvalue weighted by Gasteiger charge is -2.26. The van der Waals surface area contributed by atoms with E-state index in [1.165, 1.54) is 0 Å². The van der Waals surface area contributed by atoms with Gasteiger partial charge in [0, 0.05) is 26.2 Å². The van der Waals surface area contributed by atoms with Gasteiger partial charge in [-0.15, -0.1) is 12.4 Å². The lowest BCUT2D eigenvalue weighted by Crippen LogP contribution is -2.49. The Morgan fingerprint density at radius 2 is 2.00 bits per heavy atom. The van der Waals surface area contributed by atoms with Crippen LogP contribution in [0.1, 0.15) is 0 Å². The molecule has 0 aromatic carbocycles. The van der Waals surface area contributed by atoms with E-state index < -0.39 is 0 Å². The van der Waals surface area contributed by atoms with Gasteiger partial charge >= 0.3 is 0 Å². The van der Waals surface area contributed by atoms with Gasteiger partial charge in [0.2, 0.25) is 0 Å². The van der Waals surface area contributed by atoms with Gasteiger partial charge < -0.3 is 10.7 Å². The van der Waals surface area contributed by atoms with Gasteiger partial charge in [0.15, 0.2) is 0 Å². The van der Waals surface area contributed by atoms with Gasteiger partial charge in [-0.3, -0.25) is 0 Å². The highest BCUT2D eigenvalue weighted by molar-refractivity contribution is 7.78. The fraction of sp³-hybridized carbons (Fsp3) is 0.800. The molecule has 0 saturated carbocycles. The summed E-state index contributed by atoms with van der Waals surface area (Å²) >= 11 is 4.63. The first-order valence-electron chi connectivity index (χ1n) is 3.09. The van der Waals surface area contributed by atoms with Gasteiger partial charge in [0.25, 0.3) is 0 Å². The third kappa shape index (κ3) is 3.31. The van der Waals surface area contributed by atoms with Crippen molar-refractivity contribution in [3.63, 3.8) is 0 Å². The summed E-state index contributed by atoms with van der Waals surface area (Å²) in [6.45, 7) is 4.17. The first-order valence-corrected chi connectivity index (χ1v) is 3.56. The van der Waals surface area contributed by atoms with E-state index in [1.54, 1.807) is 5.49 Å². The van der Waals surface area contributed by atoms with Crippen molar-refractivity contribution in [3.05, 3.63) is 0 Å². The molecule has 1 saturated heterocycles. The Kier molecular flexibility index (Phi) is 5.91. The van der Waals surface area contributed by atoms with Crippen LogP contribution in [0.25, 0.3) is 0 Å². The predicted octanol–water partition coefficient (Wildman–Crippen LogP) is -0.225. The van der Waals surface area contributed by atoms with Crippen LogP contribution in [-0.2, 0) is 0 Å². The van der Waals surface area contributed by atoms with Crippen molar-refractivity contribution in [2.24, 2.45) is 0 Å². The number of hydrogen-bond donors (Lipinski definition) is 2. The second kappa shape index (κ2) is 5.85. The molecule has 0 radical (unpaired) electrons. The number of nitrogens with zero attached hydrogens (tertiary/aromatic N) is 1. The van der Waals surface area contributed by atoms with Gasteiger partial charge in [-0.2, -0.15) is 0 Å². The summed E-state index contributed by atoms with van der Waals surface area (Å²) in [7, 11) is 0. The molecule has 5 heteroatoms. The summed E-state index contributed by atoms with van der Waals surface area (Å²) in [6, 6.07) is 0. The largest absolute Gasteiger partial charge is 0.315 e. The van der Waals surface area contributed by atoms with Crippen LogP contribution in [0, 0.1) is 0 Å². The maximum Gasteiger partial charge on any atom is 0.0759 e. The summed E-state index contributed by atoms with van der Waals surface area (Å²) in [6.07, 6.45) is 0. The Labute approximate surface area is 72.5 Å². The zero-order valence-corrected chi connectivity index (χ0v) is 7.30. The lowest BCUT2D eigenvalue weighted by atomic mass is 10.4. The Bertz CT molecular complexity index is 94.9. The highest BCUT2D eigenvalue weighted by Crippen LogP contribution is 1.83. The molecule has 1 aliphatic rings. The fourth-order valence-corrected chi connectivity index (χ4v) is 1.02. The molecule has 0 aromatic rings. The van der Waals surface area contributed by atoms with Crippen LogP contribution in [0.4, 0.5) is 0 Å². The quantitative estimate of drug-likeness (QED) is 0.576. The normalized spacial score (nSPS) is 19.2. The van der Waals surface area contributed by atoms with E-state index in [4.69, 9.17) is 0 Å². The molecule has 0 bridgehead atoms. The maximum absolute atomic E-state index is 4.63. The summed E-state index contributed by atoms with van der Waals surface area (Å²) in [4.78, 5) is 0. The fourth-order valence-electron chi connectivity index (χ4n) is 0.868. The minimum atomic E-state index is 0. The topological polar surface area (TPSA) is 27.3 Å². The molecule has 60 valence electrons. The van der Waals surface area contributed by atoms with Gasteiger partial charge in [0.05, 0.1) is 5.49 Å². The highest BCUT2D eigenvalue weighted by Gasteiger charge is 2.05. The Morgan fingerprint density at radius 1 is 1.40 bits per heavy atom. The van der Waals surface area contributed by atoms with Crippen molar-refractivity contribution in [1.29, 1.82) is 0 Å². The molecule has 1 fully saturated rings. The van der Waals surface area contributed by atoms with Crippen LogP contribution in [0.5, 0.6) is 0 Å². The first kappa shape index (κ1) is 10.1. The SMILES string of the molecule is Cl.S=CNN1CCNCC1. The lowest BCUT2D eigenvalue weighted by molar-refractivity contribution is 0.210. The molecule has 0 spiro atoms. The number of piperazine rings is 1. The Morgan fingerprint density at radius 3 is 2.50 bits per heavy atom. The number of hydrazine groups is 1. The van der Waals surface area contributed by atoms with Crippen molar-refractivity contribution in [3.8, 4) is 0 Å². The van der Waals surface area contributed by atoms with E-state index in [2.05, 4.69) is 28.0 Å². The van der Waals surface area contributed by atoms with Crippen molar-refractivity contribution < 1.29 is 0 Å². The van der Waals surface area contributed by atoms with Crippen LogP contribution in [-0.4, -0.2) is 36.7 Å². The predicted molar refractivity (Wildman–Crippen MR) is 48.5 cm³/mol. The van der Waals surface area contributed by atoms with E-state index in [-0.39, 0.29) is 12.4 Å². The third-order valence-electron chi connectivity index (χ3n) is 1.35. The zero-order valence-electron chi connectivity index (χ0n) is 5.67. The minimum Gasteiger partial charge on any atom is -0.315 e. The summed E-state index contributed by atoms with van der Waals surface area (Å²) in [5.41, 5.74) is 4.51. The van der Waals surface area contributed by atoms with Crippen LogP contribution in [0.3, 0.4) is 0 Å². The number of halogens is 1. The number of rotatable bonds is 2. The molecular formula is C5H12ClN3S. The molecule has 1 aliphatic heterocycles. The first-order chi connectivity index (χ1) is 4.43. The van der Waals surface area contributed by atoms with E-state index in [9.17, 15) is 0 Å². The van der Waals surface area contributed by atoms with Gasteiger partial charge in [0.1, 0.15) is 0 Å². The summed E-state index contributed by atoms with van der Waals surface area (Å²) in [5.74, 6) is 0. The van der Waals surface area contributed by atoms with Crippen molar-refractivity contribution in [2.75, 3.05) is 26.2 Å². The molecule has 2 N–H and O–H groups in total. The standard InChI is InChI=1S/C5H11N3S.ClH/c9-5-7-8-3-1-6-2-4-8;/h5-6H,1-4H2,(H,7,9);1H. The Hall–Kier alpha value is 0.100. The smallest absolute Gasteiger partial charge is 0.0759 e. The maximum atomic E-state index is 4.63. The average molecular weight is 182 g/mol. The molecule has 1 heterocycles. The number of nitrogens with one attached hydrogen (secondary N) is 2. The molecule has 0 aliphatic carbocycles. The second-order valence-corrected chi connectivity index (χ2v) is 2.22. The molecule has 10 heavy (non-hydrogen) atoms. The Balaban J connectivity index is 0.000000810. The van der Waals surface area contributed by atoms with Crippen LogP contribution >= 0.6 is 24.6 Å². The number of thiocarbonyl (C=S) groups is 1. The molecule has 0 unspecified atom stereocenters. The highest BCUT2D eigenvalue weighted by atomic mass is 35.5. The van der Waals surface area contributed by atoms with Crippen LogP contribution < -0.4 is 10.7 Å². The minimum absolute atomic E-state index is 0. The summed E-state index contributed by atoms with van der Waals surface area (Å²) in [5, 5.41) is 5.34. The second-order valence-electron chi connectivity index (χ2n) is 1.98. The molecule has 0 aromatic heterocycles. The van der Waals surface area contributed by atoms with E-state index in [0.29, 0.717) is 0 Å². The summed E-state index contributed by atoms with van der Waals surface area (Å²) < 4.78 is 0. The van der Waals surface area contributed by atoms with Gasteiger partial charge in [-0.1, -0.05) is 12.2 Å². The molecule has 1 rings (SSSR count). The van der Waals surface area contributed by atoms with E-state index in [0.717, 1.165) is 26.2 Å². The van der Waals surface area contributed by atoms with E-state index >= 15 is 0 Å². The van der Waals surface area contributed by atoms with E-state index in [1.807, 2.05) is 0 Å². The monoisotopic (exact) mass is 181 g/mol. The van der Waals surface area contributed by atoms with Gasteiger partial charge in [-0.05, 0) is 0 Å². The van der Waals surface area contributed by atoms with Crippen molar-refractivity contribution in [2.45, 2.75) is 0 Å². The average Bonchev–Trinajstić information content (AvgIpc) is 1.91. The number of hydrogen-bond acceptors (Lipinski definition) is 3. The zero-order chi connectivity index (χ0) is 6.53. The molecular weight excluding hydrogens is 170 g/mol. The van der Waals surface area contributed by atoms with Gasteiger partial charge in [-0.25, -0.2) is 5.01 Å². The van der Waals surface area contributed by atoms with Crippen LogP contribution in [0.2, 0.25) is 0 Å². The third-order valence-corrected chi connectivity index (χ3v) is 1.46.